The van der Waals surface area contributed by atoms with E-state index in [0.29, 0.717) is 5.69 Å². The zero-order valence-corrected chi connectivity index (χ0v) is 13.0. The van der Waals surface area contributed by atoms with Crippen LogP contribution in [0.3, 0.4) is 0 Å². The fourth-order valence-electron chi connectivity index (χ4n) is 2.06. The van der Waals surface area contributed by atoms with Gasteiger partial charge in [-0.2, -0.15) is 9.98 Å². The molecule has 0 radical (unpaired) electrons. The summed E-state index contributed by atoms with van der Waals surface area (Å²) in [5.74, 6) is -0.603. The van der Waals surface area contributed by atoms with Gasteiger partial charge in [-0.05, 0) is 38.1 Å². The molecule has 1 aromatic rings. The van der Waals surface area contributed by atoms with Gasteiger partial charge >= 0.3 is 0 Å². The van der Waals surface area contributed by atoms with E-state index in [1.807, 2.05) is 6.07 Å². The van der Waals surface area contributed by atoms with Crippen LogP contribution in [0.2, 0.25) is 0 Å². The quantitative estimate of drug-likeness (QED) is 0.830. The zero-order chi connectivity index (χ0) is 16.5. The highest BCUT2D eigenvalue weighted by Gasteiger charge is 2.31. The summed E-state index contributed by atoms with van der Waals surface area (Å²) < 4.78 is 26.6. The molecule has 1 fully saturated rings. The third kappa shape index (κ3) is 3.16. The molecule has 2 rings (SSSR count). The predicted octanol–water partition coefficient (Wildman–Crippen LogP) is 0.920. The minimum absolute atomic E-state index is 0.0429. The normalized spacial score (nSPS) is 16.0. The number of sulfonamides is 1. The first-order chi connectivity index (χ1) is 10.2. The highest BCUT2D eigenvalue weighted by atomic mass is 32.2. The van der Waals surface area contributed by atoms with Crippen LogP contribution in [0, 0.1) is 11.3 Å². The molecule has 0 spiro atoms. The summed E-state index contributed by atoms with van der Waals surface area (Å²) >= 11 is 0. The Bertz CT molecular complexity index is 744. The van der Waals surface area contributed by atoms with Crippen molar-refractivity contribution < 1.29 is 18.0 Å². The second-order valence-corrected chi connectivity index (χ2v) is 7.14. The van der Waals surface area contributed by atoms with Gasteiger partial charge in [0.25, 0.3) is 0 Å². The molecule has 1 aromatic carbocycles. The SMILES string of the molecule is CC(C)(C#N)NS(=O)(=O)c1ccc(N2C(=O)CCC2=O)cc1. The third-order valence-corrected chi connectivity index (χ3v) is 4.80. The lowest BCUT2D eigenvalue weighted by molar-refractivity contribution is -0.121. The molecule has 0 bridgehead atoms. The number of nitriles is 1. The van der Waals surface area contributed by atoms with E-state index in [-0.39, 0.29) is 29.6 Å². The predicted molar refractivity (Wildman–Crippen MR) is 78.2 cm³/mol. The highest BCUT2D eigenvalue weighted by molar-refractivity contribution is 7.89. The molecule has 0 aliphatic carbocycles. The molecule has 2 amide bonds. The van der Waals surface area contributed by atoms with Gasteiger partial charge < -0.3 is 0 Å². The molecule has 8 heteroatoms. The van der Waals surface area contributed by atoms with Crippen LogP contribution in [0.15, 0.2) is 29.2 Å². The number of benzene rings is 1. The van der Waals surface area contributed by atoms with Crippen molar-refractivity contribution in [3.05, 3.63) is 24.3 Å². The van der Waals surface area contributed by atoms with Gasteiger partial charge in [-0.25, -0.2) is 8.42 Å². The van der Waals surface area contributed by atoms with Crippen molar-refractivity contribution >= 4 is 27.5 Å². The molecule has 7 nitrogen and oxygen atoms in total. The van der Waals surface area contributed by atoms with Gasteiger partial charge in [-0.15, -0.1) is 0 Å². The summed E-state index contributed by atoms with van der Waals surface area (Å²) in [7, 11) is -3.86. The fraction of sp³-hybridized carbons (Fsp3) is 0.357. The lowest BCUT2D eigenvalue weighted by Crippen LogP contribution is -2.41. The topological polar surface area (TPSA) is 107 Å². The number of amides is 2. The first kappa shape index (κ1) is 16.1. The van der Waals surface area contributed by atoms with Gasteiger partial charge in [0.05, 0.1) is 16.7 Å². The van der Waals surface area contributed by atoms with Crippen LogP contribution in [0.25, 0.3) is 0 Å². The van der Waals surface area contributed by atoms with Crippen molar-refractivity contribution in [2.75, 3.05) is 4.90 Å². The molecule has 22 heavy (non-hydrogen) atoms. The second kappa shape index (κ2) is 5.51. The Morgan fingerprint density at radius 2 is 1.64 bits per heavy atom. The van der Waals surface area contributed by atoms with Gasteiger partial charge in [0.2, 0.25) is 21.8 Å². The maximum atomic E-state index is 12.2. The number of hydrogen-bond donors (Lipinski definition) is 1. The number of carbonyl (C=O) groups excluding carboxylic acids is 2. The number of nitrogens with one attached hydrogen (secondary N) is 1. The first-order valence-corrected chi connectivity index (χ1v) is 8.06. The number of anilines is 1. The Kier molecular flexibility index (Phi) is 4.04. The van der Waals surface area contributed by atoms with Gasteiger partial charge in [-0.1, -0.05) is 0 Å². The largest absolute Gasteiger partial charge is 0.274 e. The van der Waals surface area contributed by atoms with Gasteiger partial charge in [-0.3, -0.25) is 14.5 Å². The Balaban J connectivity index is 2.28. The number of hydrogen-bond acceptors (Lipinski definition) is 5. The molecule has 1 heterocycles. The van der Waals surface area contributed by atoms with Gasteiger partial charge in [0.15, 0.2) is 0 Å². The van der Waals surface area contributed by atoms with E-state index in [9.17, 15) is 18.0 Å². The van der Waals surface area contributed by atoms with E-state index in [1.54, 1.807) is 0 Å². The fourth-order valence-corrected chi connectivity index (χ4v) is 3.39. The van der Waals surface area contributed by atoms with E-state index in [4.69, 9.17) is 5.26 Å². The van der Waals surface area contributed by atoms with E-state index in [0.717, 1.165) is 4.90 Å². The molecule has 1 aliphatic rings. The third-order valence-electron chi connectivity index (χ3n) is 3.13. The van der Waals surface area contributed by atoms with E-state index in [2.05, 4.69) is 4.72 Å². The van der Waals surface area contributed by atoms with Crippen LogP contribution in [-0.2, 0) is 19.6 Å². The number of carbonyl (C=O) groups is 2. The molecular formula is C14H15N3O4S. The molecular weight excluding hydrogens is 306 g/mol. The van der Waals surface area contributed by atoms with E-state index < -0.39 is 15.6 Å². The summed E-state index contributed by atoms with van der Waals surface area (Å²) in [5, 5.41) is 8.89. The average molecular weight is 321 g/mol. The van der Waals surface area contributed by atoms with E-state index in [1.165, 1.54) is 38.1 Å². The lowest BCUT2D eigenvalue weighted by atomic mass is 10.1. The van der Waals surface area contributed by atoms with Gasteiger partial charge in [0, 0.05) is 12.8 Å². The second-order valence-electron chi connectivity index (χ2n) is 5.46. The number of nitrogens with zero attached hydrogens (tertiary/aromatic N) is 2. The van der Waals surface area contributed by atoms with Crippen molar-refractivity contribution in [1.82, 2.24) is 4.72 Å². The van der Waals surface area contributed by atoms with Crippen molar-refractivity contribution in [3.63, 3.8) is 0 Å². The first-order valence-electron chi connectivity index (χ1n) is 6.57. The summed E-state index contributed by atoms with van der Waals surface area (Å²) in [6.07, 6.45) is 0.327. The van der Waals surface area contributed by atoms with Crippen molar-refractivity contribution in [1.29, 1.82) is 5.26 Å². The Morgan fingerprint density at radius 1 is 1.14 bits per heavy atom. The molecule has 0 atom stereocenters. The molecule has 1 N–H and O–H groups in total. The van der Waals surface area contributed by atoms with Crippen molar-refractivity contribution in [3.8, 4) is 6.07 Å². The molecule has 0 unspecified atom stereocenters. The lowest BCUT2D eigenvalue weighted by Gasteiger charge is -2.18. The zero-order valence-electron chi connectivity index (χ0n) is 12.2. The smallest absolute Gasteiger partial charge is 0.241 e. The summed E-state index contributed by atoms with van der Waals surface area (Å²) in [4.78, 5) is 24.3. The van der Waals surface area contributed by atoms with E-state index >= 15 is 0 Å². The Morgan fingerprint density at radius 3 is 2.09 bits per heavy atom. The van der Waals surface area contributed by atoms with Crippen molar-refractivity contribution in [2.24, 2.45) is 0 Å². The molecule has 116 valence electrons. The summed E-state index contributed by atoms with van der Waals surface area (Å²) in [5.41, 5.74) is -0.899. The van der Waals surface area contributed by atoms with Crippen LogP contribution in [0.1, 0.15) is 26.7 Å². The Labute approximate surface area is 128 Å². The molecule has 1 aliphatic heterocycles. The minimum Gasteiger partial charge on any atom is -0.274 e. The number of rotatable bonds is 4. The van der Waals surface area contributed by atoms with Gasteiger partial charge in [0.1, 0.15) is 5.54 Å². The monoisotopic (exact) mass is 321 g/mol. The molecule has 0 aromatic heterocycles. The maximum Gasteiger partial charge on any atom is 0.241 e. The van der Waals surface area contributed by atoms with Crippen LogP contribution < -0.4 is 9.62 Å². The van der Waals surface area contributed by atoms with Crippen LogP contribution in [0.5, 0.6) is 0 Å². The van der Waals surface area contributed by atoms with Crippen LogP contribution >= 0.6 is 0 Å². The summed E-state index contributed by atoms with van der Waals surface area (Å²) in [6, 6.07) is 7.23. The summed E-state index contributed by atoms with van der Waals surface area (Å²) in [6.45, 7) is 2.89. The average Bonchev–Trinajstić information content (AvgIpc) is 2.77. The minimum atomic E-state index is -3.86. The maximum absolute atomic E-state index is 12.2. The number of imide groups is 1. The Hall–Kier alpha value is -2.24. The molecule has 1 saturated heterocycles. The van der Waals surface area contributed by atoms with Crippen molar-refractivity contribution in [2.45, 2.75) is 37.1 Å². The highest BCUT2D eigenvalue weighted by Crippen LogP contribution is 2.24. The van der Waals surface area contributed by atoms with Crippen LogP contribution in [-0.4, -0.2) is 25.8 Å². The van der Waals surface area contributed by atoms with Crippen LogP contribution in [0.4, 0.5) is 5.69 Å². The molecule has 0 saturated carbocycles. The standard InChI is InChI=1S/C14H15N3O4S/c1-14(2,9-15)16-22(20,21)11-5-3-10(4-6-11)17-12(18)7-8-13(17)19/h3-6,16H,7-8H2,1-2H3.